The molecule has 1 aliphatic heterocycles. The summed E-state index contributed by atoms with van der Waals surface area (Å²) in [6.45, 7) is 0.980. The Morgan fingerprint density at radius 1 is 1.00 bits per heavy atom. The number of amides is 1. The summed E-state index contributed by atoms with van der Waals surface area (Å²) in [5.74, 6) is -0.0377. The molecule has 152 valence electrons. The second kappa shape index (κ2) is 9.24. The molecule has 0 saturated heterocycles. The zero-order valence-electron chi connectivity index (χ0n) is 16.9. The van der Waals surface area contributed by atoms with Crippen molar-refractivity contribution in [3.8, 4) is 0 Å². The molecule has 4 nitrogen and oxygen atoms in total. The first-order chi connectivity index (χ1) is 14.6. The maximum absolute atomic E-state index is 13.3. The van der Waals surface area contributed by atoms with E-state index in [0.717, 1.165) is 16.8 Å². The maximum atomic E-state index is 13.3. The zero-order valence-corrected chi connectivity index (χ0v) is 17.7. The Hall–Kier alpha value is -2.95. The highest BCUT2D eigenvalue weighted by Crippen LogP contribution is 2.36. The third-order valence-corrected chi connectivity index (χ3v) is 5.58. The molecule has 0 unspecified atom stereocenters. The molecule has 0 N–H and O–H groups in total. The SMILES string of the molecule is CN(CC(=O)N1N=C(c2ccccc2)C[C@@H]1c1ccccc1Cl)Cc1ccccc1. The number of rotatable bonds is 6. The van der Waals surface area contributed by atoms with Crippen LogP contribution in [0.25, 0.3) is 0 Å². The van der Waals surface area contributed by atoms with Crippen molar-refractivity contribution in [1.82, 2.24) is 9.91 Å². The molecule has 5 heteroatoms. The van der Waals surface area contributed by atoms with E-state index in [4.69, 9.17) is 16.7 Å². The third kappa shape index (κ3) is 4.61. The van der Waals surface area contributed by atoms with E-state index in [2.05, 4.69) is 12.1 Å². The smallest absolute Gasteiger partial charge is 0.257 e. The summed E-state index contributed by atoms with van der Waals surface area (Å²) in [5, 5.41) is 7.00. The Morgan fingerprint density at radius 2 is 1.63 bits per heavy atom. The van der Waals surface area contributed by atoms with Crippen molar-refractivity contribution in [3.05, 3.63) is 107 Å². The number of hydrogen-bond acceptors (Lipinski definition) is 3. The lowest BCUT2D eigenvalue weighted by Crippen LogP contribution is -2.36. The highest BCUT2D eigenvalue weighted by atomic mass is 35.5. The minimum atomic E-state index is -0.202. The molecule has 0 aliphatic carbocycles. The number of carbonyl (C=O) groups is 1. The fourth-order valence-electron chi connectivity index (χ4n) is 3.79. The van der Waals surface area contributed by atoms with Gasteiger partial charge in [-0.25, -0.2) is 5.01 Å². The van der Waals surface area contributed by atoms with E-state index < -0.39 is 0 Å². The molecular formula is C25H24ClN3O. The summed E-state index contributed by atoms with van der Waals surface area (Å²) in [7, 11) is 1.95. The van der Waals surface area contributed by atoms with Gasteiger partial charge < -0.3 is 0 Å². The molecule has 30 heavy (non-hydrogen) atoms. The van der Waals surface area contributed by atoms with Gasteiger partial charge in [0.2, 0.25) is 0 Å². The van der Waals surface area contributed by atoms with E-state index in [1.807, 2.05) is 84.7 Å². The molecule has 1 atom stereocenters. The number of hydrogen-bond donors (Lipinski definition) is 0. The van der Waals surface area contributed by atoms with Gasteiger partial charge in [0.05, 0.1) is 18.3 Å². The van der Waals surface area contributed by atoms with E-state index in [1.54, 1.807) is 5.01 Å². The van der Waals surface area contributed by atoms with E-state index in [9.17, 15) is 4.79 Å². The summed E-state index contributed by atoms with van der Waals surface area (Å²) < 4.78 is 0. The molecule has 3 aromatic carbocycles. The van der Waals surface area contributed by atoms with Crippen LogP contribution in [0.4, 0.5) is 0 Å². The Balaban J connectivity index is 1.57. The first kappa shape index (κ1) is 20.3. The topological polar surface area (TPSA) is 35.9 Å². The molecule has 0 bridgehead atoms. The van der Waals surface area contributed by atoms with Crippen molar-refractivity contribution in [2.75, 3.05) is 13.6 Å². The van der Waals surface area contributed by atoms with Crippen LogP contribution < -0.4 is 0 Å². The normalized spacial score (nSPS) is 16.0. The van der Waals surface area contributed by atoms with Crippen LogP contribution in [0, 0.1) is 0 Å². The van der Waals surface area contributed by atoms with Crippen LogP contribution in [0.15, 0.2) is 90.0 Å². The molecule has 1 heterocycles. The molecule has 3 aromatic rings. The average molecular weight is 418 g/mol. The zero-order chi connectivity index (χ0) is 20.9. The van der Waals surface area contributed by atoms with E-state index in [1.165, 1.54) is 5.56 Å². The van der Waals surface area contributed by atoms with E-state index >= 15 is 0 Å². The number of hydrazone groups is 1. The standard InChI is InChI=1S/C25H24ClN3O/c1-28(17-19-10-4-2-5-11-19)18-25(30)29-24(21-14-8-9-15-22(21)26)16-23(27-29)20-12-6-3-7-13-20/h2-15,24H,16-18H2,1H3/t24-/m1/s1. The minimum absolute atomic E-state index is 0.0377. The van der Waals surface area contributed by atoms with Gasteiger partial charge in [-0.05, 0) is 29.8 Å². The lowest BCUT2D eigenvalue weighted by atomic mass is 9.98. The van der Waals surface area contributed by atoms with Gasteiger partial charge >= 0.3 is 0 Å². The van der Waals surface area contributed by atoms with E-state index in [0.29, 0.717) is 18.0 Å². The van der Waals surface area contributed by atoms with Crippen LogP contribution in [0.1, 0.15) is 29.2 Å². The summed E-state index contributed by atoms with van der Waals surface area (Å²) in [4.78, 5) is 15.3. The fourth-order valence-corrected chi connectivity index (χ4v) is 4.05. The van der Waals surface area contributed by atoms with Crippen molar-refractivity contribution >= 4 is 23.2 Å². The van der Waals surface area contributed by atoms with Crippen molar-refractivity contribution in [2.24, 2.45) is 5.10 Å². The van der Waals surface area contributed by atoms with Gasteiger partial charge in [0.1, 0.15) is 0 Å². The summed E-state index contributed by atoms with van der Waals surface area (Å²) in [6, 6.07) is 27.6. The molecule has 0 aromatic heterocycles. The van der Waals surface area contributed by atoms with Crippen molar-refractivity contribution < 1.29 is 4.79 Å². The van der Waals surface area contributed by atoms with Crippen LogP contribution >= 0.6 is 11.6 Å². The average Bonchev–Trinajstić information content (AvgIpc) is 3.21. The predicted molar refractivity (Wildman–Crippen MR) is 121 cm³/mol. The fraction of sp³-hybridized carbons (Fsp3) is 0.200. The largest absolute Gasteiger partial charge is 0.293 e. The molecule has 0 spiro atoms. The van der Waals surface area contributed by atoms with Gasteiger partial charge in [-0.1, -0.05) is 90.5 Å². The van der Waals surface area contributed by atoms with Gasteiger partial charge in [-0.15, -0.1) is 0 Å². The van der Waals surface area contributed by atoms with Crippen LogP contribution in [-0.4, -0.2) is 35.1 Å². The van der Waals surface area contributed by atoms with Crippen molar-refractivity contribution in [3.63, 3.8) is 0 Å². The third-order valence-electron chi connectivity index (χ3n) is 5.24. The molecule has 0 fully saturated rings. The quantitative estimate of drug-likeness (QED) is 0.556. The monoisotopic (exact) mass is 417 g/mol. The Kier molecular flexibility index (Phi) is 6.26. The predicted octanol–water partition coefficient (Wildman–Crippen LogP) is 5.15. The van der Waals surface area contributed by atoms with Gasteiger partial charge in [-0.3, -0.25) is 9.69 Å². The lowest BCUT2D eigenvalue weighted by Gasteiger charge is -2.25. The highest BCUT2D eigenvalue weighted by Gasteiger charge is 2.34. The van der Waals surface area contributed by atoms with Gasteiger partial charge in [0.15, 0.2) is 0 Å². The maximum Gasteiger partial charge on any atom is 0.257 e. The van der Waals surface area contributed by atoms with Crippen molar-refractivity contribution in [1.29, 1.82) is 0 Å². The number of nitrogens with zero attached hydrogens (tertiary/aromatic N) is 3. The van der Waals surface area contributed by atoms with E-state index in [-0.39, 0.29) is 18.5 Å². The number of carbonyl (C=O) groups excluding carboxylic acids is 1. The number of likely N-dealkylation sites (N-methyl/N-ethyl adjacent to an activating group) is 1. The summed E-state index contributed by atoms with van der Waals surface area (Å²) >= 11 is 6.48. The summed E-state index contributed by atoms with van der Waals surface area (Å²) in [5.41, 5.74) is 4.03. The lowest BCUT2D eigenvalue weighted by molar-refractivity contribution is -0.134. The van der Waals surface area contributed by atoms with Gasteiger partial charge in [0, 0.05) is 18.0 Å². The summed E-state index contributed by atoms with van der Waals surface area (Å²) in [6.07, 6.45) is 0.641. The Morgan fingerprint density at radius 3 is 2.33 bits per heavy atom. The Bertz CT molecular complexity index is 1040. The first-order valence-corrected chi connectivity index (χ1v) is 10.4. The second-order valence-electron chi connectivity index (χ2n) is 7.55. The molecule has 0 radical (unpaired) electrons. The minimum Gasteiger partial charge on any atom is -0.293 e. The van der Waals surface area contributed by atoms with Crippen LogP contribution in [0.2, 0.25) is 5.02 Å². The van der Waals surface area contributed by atoms with Crippen LogP contribution in [-0.2, 0) is 11.3 Å². The second-order valence-corrected chi connectivity index (χ2v) is 7.96. The Labute approximate surface area is 182 Å². The number of halogens is 1. The van der Waals surface area contributed by atoms with Crippen molar-refractivity contribution in [2.45, 2.75) is 19.0 Å². The van der Waals surface area contributed by atoms with Crippen LogP contribution in [0.3, 0.4) is 0 Å². The molecule has 1 aliphatic rings. The van der Waals surface area contributed by atoms with Crippen LogP contribution in [0.5, 0.6) is 0 Å². The van der Waals surface area contributed by atoms with Gasteiger partial charge in [0.25, 0.3) is 5.91 Å². The highest BCUT2D eigenvalue weighted by molar-refractivity contribution is 6.31. The number of benzene rings is 3. The molecular weight excluding hydrogens is 394 g/mol. The first-order valence-electron chi connectivity index (χ1n) is 10.0. The van der Waals surface area contributed by atoms with Gasteiger partial charge in [-0.2, -0.15) is 5.10 Å². The molecule has 4 rings (SSSR count). The molecule has 0 saturated carbocycles. The molecule has 1 amide bonds.